The van der Waals surface area contributed by atoms with E-state index in [1.165, 1.54) is 55.6 Å². The largest absolute Gasteiger partial charge is 0.371 e. The van der Waals surface area contributed by atoms with E-state index < -0.39 is 0 Å². The Bertz CT molecular complexity index is 341. The van der Waals surface area contributed by atoms with Crippen molar-refractivity contribution in [1.29, 1.82) is 0 Å². The summed E-state index contributed by atoms with van der Waals surface area (Å²) in [6.45, 7) is 9.12. The highest BCUT2D eigenvalue weighted by Gasteiger charge is 2.08. The molecule has 18 heavy (non-hydrogen) atoms. The SMILES string of the molecule is CCCCN(CCCC)c1ccc(CBr)cc1C. The van der Waals surface area contributed by atoms with E-state index in [-0.39, 0.29) is 0 Å². The monoisotopic (exact) mass is 311 g/mol. The quantitative estimate of drug-likeness (QED) is 0.589. The molecule has 102 valence electrons. The van der Waals surface area contributed by atoms with Gasteiger partial charge in [-0.3, -0.25) is 0 Å². The van der Waals surface area contributed by atoms with Gasteiger partial charge in [0.25, 0.3) is 0 Å². The molecule has 0 saturated heterocycles. The van der Waals surface area contributed by atoms with E-state index in [1.807, 2.05) is 0 Å². The number of anilines is 1. The number of benzene rings is 1. The molecule has 0 unspecified atom stereocenters. The highest BCUT2D eigenvalue weighted by atomic mass is 79.9. The topological polar surface area (TPSA) is 3.24 Å². The van der Waals surface area contributed by atoms with Crippen LogP contribution in [-0.4, -0.2) is 13.1 Å². The Morgan fingerprint density at radius 2 is 1.67 bits per heavy atom. The van der Waals surface area contributed by atoms with Crippen molar-refractivity contribution in [2.45, 2.75) is 51.8 Å². The van der Waals surface area contributed by atoms with Crippen molar-refractivity contribution in [2.24, 2.45) is 0 Å². The lowest BCUT2D eigenvalue weighted by Gasteiger charge is -2.26. The zero-order valence-electron chi connectivity index (χ0n) is 12.0. The first-order chi connectivity index (χ1) is 8.72. The van der Waals surface area contributed by atoms with Crippen LogP contribution in [0.1, 0.15) is 50.7 Å². The third-order valence-corrected chi connectivity index (χ3v) is 3.97. The Balaban J connectivity index is 2.82. The lowest BCUT2D eigenvalue weighted by Crippen LogP contribution is -2.26. The third kappa shape index (κ3) is 4.64. The summed E-state index contributed by atoms with van der Waals surface area (Å²) in [7, 11) is 0. The highest BCUT2D eigenvalue weighted by molar-refractivity contribution is 9.08. The standard InChI is InChI=1S/C16H26BrN/c1-4-6-10-18(11-7-5-2)16-9-8-15(13-17)12-14(16)3/h8-9,12H,4-7,10-11,13H2,1-3H3. The van der Waals surface area contributed by atoms with Crippen LogP contribution < -0.4 is 4.90 Å². The lowest BCUT2D eigenvalue weighted by molar-refractivity contribution is 0.676. The number of hydrogen-bond acceptors (Lipinski definition) is 1. The van der Waals surface area contributed by atoms with Crippen molar-refractivity contribution in [3.05, 3.63) is 29.3 Å². The second-order valence-electron chi connectivity index (χ2n) is 4.95. The number of halogens is 1. The average Bonchev–Trinajstić information content (AvgIpc) is 2.39. The van der Waals surface area contributed by atoms with Crippen LogP contribution in [0.25, 0.3) is 0 Å². The summed E-state index contributed by atoms with van der Waals surface area (Å²) in [6.07, 6.45) is 5.09. The summed E-state index contributed by atoms with van der Waals surface area (Å²) in [6, 6.07) is 6.83. The van der Waals surface area contributed by atoms with Gasteiger partial charge in [-0.1, -0.05) is 54.8 Å². The first-order valence-corrected chi connectivity index (χ1v) is 8.25. The van der Waals surface area contributed by atoms with Crippen LogP contribution >= 0.6 is 15.9 Å². The van der Waals surface area contributed by atoms with E-state index in [0.717, 1.165) is 5.33 Å². The molecule has 0 aliphatic rings. The maximum absolute atomic E-state index is 3.52. The van der Waals surface area contributed by atoms with Crippen molar-refractivity contribution in [3.63, 3.8) is 0 Å². The van der Waals surface area contributed by atoms with Crippen molar-refractivity contribution < 1.29 is 0 Å². The molecule has 0 saturated carbocycles. The number of nitrogens with zero attached hydrogens (tertiary/aromatic N) is 1. The van der Waals surface area contributed by atoms with Crippen molar-refractivity contribution in [3.8, 4) is 0 Å². The fraction of sp³-hybridized carbons (Fsp3) is 0.625. The smallest absolute Gasteiger partial charge is 0.0396 e. The van der Waals surface area contributed by atoms with Gasteiger partial charge in [0.1, 0.15) is 0 Å². The number of alkyl halides is 1. The van der Waals surface area contributed by atoms with Crippen LogP contribution in [0.15, 0.2) is 18.2 Å². The van der Waals surface area contributed by atoms with Crippen molar-refractivity contribution >= 4 is 21.6 Å². The van der Waals surface area contributed by atoms with E-state index in [2.05, 4.69) is 59.8 Å². The minimum Gasteiger partial charge on any atom is -0.371 e. The zero-order chi connectivity index (χ0) is 13.4. The molecule has 0 radical (unpaired) electrons. The van der Waals surface area contributed by atoms with Gasteiger partial charge in [0, 0.05) is 24.1 Å². The van der Waals surface area contributed by atoms with Crippen LogP contribution in [-0.2, 0) is 5.33 Å². The Morgan fingerprint density at radius 1 is 1.06 bits per heavy atom. The summed E-state index contributed by atoms with van der Waals surface area (Å²) in [5.74, 6) is 0. The Labute approximate surface area is 121 Å². The molecule has 0 aliphatic carbocycles. The van der Waals surface area contributed by atoms with Gasteiger partial charge in [-0.15, -0.1) is 0 Å². The van der Waals surface area contributed by atoms with Gasteiger partial charge in [0.15, 0.2) is 0 Å². The summed E-state index contributed by atoms with van der Waals surface area (Å²) >= 11 is 3.52. The van der Waals surface area contributed by atoms with Gasteiger partial charge in [-0.05, 0) is 37.0 Å². The zero-order valence-corrected chi connectivity index (χ0v) is 13.6. The Morgan fingerprint density at radius 3 is 2.11 bits per heavy atom. The molecule has 1 aromatic carbocycles. The molecular weight excluding hydrogens is 286 g/mol. The van der Waals surface area contributed by atoms with Gasteiger partial charge < -0.3 is 4.90 Å². The minimum atomic E-state index is 0.942. The molecule has 0 amide bonds. The van der Waals surface area contributed by atoms with E-state index in [0.29, 0.717) is 0 Å². The van der Waals surface area contributed by atoms with Crippen LogP contribution in [0.5, 0.6) is 0 Å². The van der Waals surface area contributed by atoms with Crippen LogP contribution in [0.4, 0.5) is 5.69 Å². The Hall–Kier alpha value is -0.500. The van der Waals surface area contributed by atoms with E-state index >= 15 is 0 Å². The molecule has 0 heterocycles. The van der Waals surface area contributed by atoms with Crippen LogP contribution in [0.3, 0.4) is 0 Å². The average molecular weight is 312 g/mol. The first kappa shape index (κ1) is 15.6. The molecule has 0 aromatic heterocycles. The van der Waals surface area contributed by atoms with Crippen molar-refractivity contribution in [2.75, 3.05) is 18.0 Å². The van der Waals surface area contributed by atoms with Crippen molar-refractivity contribution in [1.82, 2.24) is 0 Å². The first-order valence-electron chi connectivity index (χ1n) is 7.13. The number of aryl methyl sites for hydroxylation is 1. The minimum absolute atomic E-state index is 0.942. The maximum Gasteiger partial charge on any atom is 0.0396 e. The molecule has 1 nitrogen and oxygen atoms in total. The van der Waals surface area contributed by atoms with E-state index in [1.54, 1.807) is 0 Å². The molecule has 0 N–H and O–H groups in total. The predicted molar refractivity (Wildman–Crippen MR) is 85.8 cm³/mol. The highest BCUT2D eigenvalue weighted by Crippen LogP contribution is 2.23. The molecule has 1 aromatic rings. The lowest BCUT2D eigenvalue weighted by atomic mass is 10.1. The van der Waals surface area contributed by atoms with E-state index in [9.17, 15) is 0 Å². The second kappa shape index (κ2) is 8.58. The number of hydrogen-bond donors (Lipinski definition) is 0. The van der Waals surface area contributed by atoms with Gasteiger partial charge >= 0.3 is 0 Å². The molecule has 0 bridgehead atoms. The van der Waals surface area contributed by atoms with Gasteiger partial charge in [-0.2, -0.15) is 0 Å². The molecule has 0 atom stereocenters. The molecule has 0 spiro atoms. The number of unbranched alkanes of at least 4 members (excludes halogenated alkanes) is 2. The summed E-state index contributed by atoms with van der Waals surface area (Å²) < 4.78 is 0. The van der Waals surface area contributed by atoms with Gasteiger partial charge in [0.05, 0.1) is 0 Å². The molecule has 2 heteroatoms. The summed E-state index contributed by atoms with van der Waals surface area (Å²) in [4.78, 5) is 2.56. The van der Waals surface area contributed by atoms with Crippen LogP contribution in [0.2, 0.25) is 0 Å². The Kier molecular flexibility index (Phi) is 7.41. The fourth-order valence-corrected chi connectivity index (χ4v) is 2.55. The molecule has 0 aliphatic heterocycles. The molecular formula is C16H26BrN. The van der Waals surface area contributed by atoms with Crippen LogP contribution in [0, 0.1) is 6.92 Å². The maximum atomic E-state index is 3.52. The third-order valence-electron chi connectivity index (χ3n) is 3.32. The van der Waals surface area contributed by atoms with E-state index in [4.69, 9.17) is 0 Å². The summed E-state index contributed by atoms with van der Waals surface area (Å²) in [5, 5.41) is 0.942. The van der Waals surface area contributed by atoms with Gasteiger partial charge in [0.2, 0.25) is 0 Å². The fourth-order valence-electron chi connectivity index (χ4n) is 2.21. The molecule has 0 fully saturated rings. The second-order valence-corrected chi connectivity index (χ2v) is 5.51. The van der Waals surface area contributed by atoms with Gasteiger partial charge in [-0.25, -0.2) is 0 Å². The molecule has 1 rings (SSSR count). The predicted octanol–water partition coefficient (Wildman–Crippen LogP) is 5.30. The summed E-state index contributed by atoms with van der Waals surface area (Å²) in [5.41, 5.74) is 4.18. The normalized spacial score (nSPS) is 10.7. The number of rotatable bonds is 8.